The van der Waals surface area contributed by atoms with E-state index in [4.69, 9.17) is 0 Å². The molecule has 0 aromatic heterocycles. The van der Waals surface area contributed by atoms with E-state index in [1.165, 1.54) is 0 Å². The van der Waals surface area contributed by atoms with Gasteiger partial charge in [-0.3, -0.25) is 4.79 Å². The number of benzene rings is 1. The molecule has 1 saturated heterocycles. The molecule has 1 fully saturated rings. The first-order valence-corrected chi connectivity index (χ1v) is 6.93. The van der Waals surface area contributed by atoms with E-state index in [2.05, 4.69) is 10.6 Å². The van der Waals surface area contributed by atoms with Crippen molar-refractivity contribution in [2.75, 3.05) is 11.9 Å². The SMILES string of the molecule is CCc1ccc(O)c(NC(=O)C2(C)CCCCN2)c1. The molecule has 0 aliphatic carbocycles. The molecule has 3 N–H and O–H groups in total. The Kier molecular flexibility index (Phi) is 4.10. The molecular weight excluding hydrogens is 240 g/mol. The highest BCUT2D eigenvalue weighted by molar-refractivity contribution is 5.99. The lowest BCUT2D eigenvalue weighted by atomic mass is 9.90. The van der Waals surface area contributed by atoms with E-state index in [0.29, 0.717) is 5.69 Å². The van der Waals surface area contributed by atoms with E-state index in [1.54, 1.807) is 6.07 Å². The summed E-state index contributed by atoms with van der Waals surface area (Å²) in [6, 6.07) is 5.33. The molecule has 1 atom stereocenters. The monoisotopic (exact) mass is 262 g/mol. The van der Waals surface area contributed by atoms with E-state index < -0.39 is 5.54 Å². The highest BCUT2D eigenvalue weighted by Gasteiger charge is 2.34. The third-order valence-corrected chi connectivity index (χ3v) is 3.84. The minimum atomic E-state index is -0.535. The summed E-state index contributed by atoms with van der Waals surface area (Å²) < 4.78 is 0. The van der Waals surface area contributed by atoms with Gasteiger partial charge in [-0.05, 0) is 56.8 Å². The normalized spacial score (nSPS) is 23.1. The number of aryl methyl sites for hydroxylation is 1. The standard InChI is InChI=1S/C15H22N2O2/c1-3-11-6-7-13(18)12(10-11)17-14(19)15(2)8-4-5-9-16-15/h6-7,10,16,18H,3-5,8-9H2,1-2H3,(H,17,19). The van der Waals surface area contributed by atoms with Crippen LogP contribution in [0.1, 0.15) is 38.7 Å². The zero-order chi connectivity index (χ0) is 13.9. The second-order valence-electron chi connectivity index (χ2n) is 5.38. The quantitative estimate of drug-likeness (QED) is 0.733. The van der Waals surface area contributed by atoms with Gasteiger partial charge < -0.3 is 15.7 Å². The summed E-state index contributed by atoms with van der Waals surface area (Å²) in [6.45, 7) is 4.83. The Hall–Kier alpha value is -1.55. The summed E-state index contributed by atoms with van der Waals surface area (Å²) in [7, 11) is 0. The summed E-state index contributed by atoms with van der Waals surface area (Å²) in [5.41, 5.74) is 1.06. The maximum Gasteiger partial charge on any atom is 0.244 e. The molecule has 0 spiro atoms. The Morgan fingerprint density at radius 3 is 2.89 bits per heavy atom. The van der Waals surface area contributed by atoms with Crippen molar-refractivity contribution in [3.8, 4) is 5.75 Å². The molecular formula is C15H22N2O2. The highest BCUT2D eigenvalue weighted by atomic mass is 16.3. The molecule has 1 aliphatic rings. The van der Waals surface area contributed by atoms with Crippen LogP contribution in [0.2, 0.25) is 0 Å². The number of hydrogen-bond donors (Lipinski definition) is 3. The Morgan fingerprint density at radius 2 is 2.26 bits per heavy atom. The molecule has 1 heterocycles. The van der Waals surface area contributed by atoms with Gasteiger partial charge in [-0.2, -0.15) is 0 Å². The van der Waals surface area contributed by atoms with Crippen LogP contribution >= 0.6 is 0 Å². The van der Waals surface area contributed by atoms with E-state index in [1.807, 2.05) is 26.0 Å². The minimum Gasteiger partial charge on any atom is -0.506 e. The number of phenols is 1. The smallest absolute Gasteiger partial charge is 0.244 e. The number of piperidine rings is 1. The van der Waals surface area contributed by atoms with Crippen LogP contribution in [0, 0.1) is 0 Å². The number of anilines is 1. The van der Waals surface area contributed by atoms with E-state index >= 15 is 0 Å². The van der Waals surface area contributed by atoms with Crippen molar-refractivity contribution in [1.29, 1.82) is 0 Å². The lowest BCUT2D eigenvalue weighted by molar-refractivity contribution is -0.122. The zero-order valence-corrected chi connectivity index (χ0v) is 11.6. The molecule has 0 bridgehead atoms. The Labute approximate surface area is 114 Å². The van der Waals surface area contributed by atoms with Gasteiger partial charge in [-0.25, -0.2) is 0 Å². The van der Waals surface area contributed by atoms with Crippen molar-refractivity contribution in [2.24, 2.45) is 0 Å². The summed E-state index contributed by atoms with van der Waals surface area (Å²) in [4.78, 5) is 12.4. The number of phenolic OH excluding ortho intramolecular Hbond substituents is 1. The third-order valence-electron chi connectivity index (χ3n) is 3.84. The van der Waals surface area contributed by atoms with Crippen molar-refractivity contribution in [2.45, 2.75) is 45.1 Å². The van der Waals surface area contributed by atoms with Crippen LogP contribution in [0.25, 0.3) is 0 Å². The number of carbonyl (C=O) groups excluding carboxylic acids is 1. The average molecular weight is 262 g/mol. The van der Waals surface area contributed by atoms with Gasteiger partial charge in [0.1, 0.15) is 5.75 Å². The average Bonchev–Trinajstić information content (AvgIpc) is 2.42. The number of carbonyl (C=O) groups is 1. The van der Waals surface area contributed by atoms with Gasteiger partial charge in [0.05, 0.1) is 11.2 Å². The van der Waals surface area contributed by atoms with Crippen molar-refractivity contribution < 1.29 is 9.90 Å². The second kappa shape index (κ2) is 5.61. The van der Waals surface area contributed by atoms with E-state index in [0.717, 1.165) is 37.8 Å². The predicted molar refractivity (Wildman–Crippen MR) is 76.4 cm³/mol. The molecule has 1 aromatic carbocycles. The van der Waals surface area contributed by atoms with Crippen molar-refractivity contribution in [3.05, 3.63) is 23.8 Å². The van der Waals surface area contributed by atoms with Gasteiger partial charge in [0.25, 0.3) is 0 Å². The molecule has 4 heteroatoms. The third kappa shape index (κ3) is 3.07. The zero-order valence-electron chi connectivity index (χ0n) is 11.6. The first-order chi connectivity index (χ1) is 9.05. The van der Waals surface area contributed by atoms with Gasteiger partial charge in [-0.15, -0.1) is 0 Å². The van der Waals surface area contributed by atoms with Gasteiger partial charge in [0.15, 0.2) is 0 Å². The van der Waals surface area contributed by atoms with Crippen LogP contribution in [0.15, 0.2) is 18.2 Å². The maximum atomic E-state index is 12.4. The fourth-order valence-electron chi connectivity index (χ4n) is 2.41. The number of rotatable bonds is 3. The largest absolute Gasteiger partial charge is 0.506 e. The summed E-state index contributed by atoms with van der Waals surface area (Å²) in [5.74, 6) is 0.0423. The molecule has 1 unspecified atom stereocenters. The van der Waals surface area contributed by atoms with Crippen molar-refractivity contribution >= 4 is 11.6 Å². The molecule has 4 nitrogen and oxygen atoms in total. The lowest BCUT2D eigenvalue weighted by Gasteiger charge is -2.33. The first kappa shape index (κ1) is 13.9. The van der Waals surface area contributed by atoms with Crippen LogP contribution in [0.3, 0.4) is 0 Å². The molecule has 1 aliphatic heterocycles. The number of nitrogens with one attached hydrogen (secondary N) is 2. The highest BCUT2D eigenvalue weighted by Crippen LogP contribution is 2.27. The number of amides is 1. The molecule has 2 rings (SSSR count). The Bertz CT molecular complexity index is 465. The number of hydrogen-bond acceptors (Lipinski definition) is 3. The number of aromatic hydroxyl groups is 1. The van der Waals surface area contributed by atoms with Crippen LogP contribution in [0.5, 0.6) is 5.75 Å². The molecule has 19 heavy (non-hydrogen) atoms. The van der Waals surface area contributed by atoms with Gasteiger partial charge >= 0.3 is 0 Å². The predicted octanol–water partition coefficient (Wildman–Crippen LogP) is 2.43. The molecule has 104 valence electrons. The molecule has 1 aromatic rings. The fourth-order valence-corrected chi connectivity index (χ4v) is 2.41. The molecule has 1 amide bonds. The fraction of sp³-hybridized carbons (Fsp3) is 0.533. The van der Waals surface area contributed by atoms with Crippen LogP contribution in [-0.4, -0.2) is 23.1 Å². The first-order valence-electron chi connectivity index (χ1n) is 6.93. The summed E-state index contributed by atoms with van der Waals surface area (Å²) in [6.07, 6.45) is 3.86. The summed E-state index contributed by atoms with van der Waals surface area (Å²) >= 11 is 0. The minimum absolute atomic E-state index is 0.0734. The second-order valence-corrected chi connectivity index (χ2v) is 5.38. The molecule has 0 radical (unpaired) electrons. The van der Waals surface area contributed by atoms with E-state index in [9.17, 15) is 9.90 Å². The van der Waals surface area contributed by atoms with Crippen LogP contribution in [0.4, 0.5) is 5.69 Å². The topological polar surface area (TPSA) is 61.4 Å². The van der Waals surface area contributed by atoms with Gasteiger partial charge in [0.2, 0.25) is 5.91 Å². The lowest BCUT2D eigenvalue weighted by Crippen LogP contribution is -2.54. The Morgan fingerprint density at radius 1 is 1.47 bits per heavy atom. The summed E-state index contributed by atoms with van der Waals surface area (Å²) in [5, 5.41) is 15.9. The van der Waals surface area contributed by atoms with Gasteiger partial charge in [0, 0.05) is 0 Å². The van der Waals surface area contributed by atoms with Crippen molar-refractivity contribution in [1.82, 2.24) is 5.32 Å². The van der Waals surface area contributed by atoms with Crippen LogP contribution in [-0.2, 0) is 11.2 Å². The maximum absolute atomic E-state index is 12.4. The Balaban J connectivity index is 2.14. The van der Waals surface area contributed by atoms with Crippen molar-refractivity contribution in [3.63, 3.8) is 0 Å². The molecule has 0 saturated carbocycles. The van der Waals surface area contributed by atoms with Gasteiger partial charge in [-0.1, -0.05) is 13.0 Å². The van der Waals surface area contributed by atoms with E-state index in [-0.39, 0.29) is 11.7 Å². The van der Waals surface area contributed by atoms with Crippen LogP contribution < -0.4 is 10.6 Å².